The van der Waals surface area contributed by atoms with Crippen LogP contribution in [-0.2, 0) is 21.2 Å². The number of carbonyl (C=O) groups is 1. The van der Waals surface area contributed by atoms with Crippen molar-refractivity contribution < 1.29 is 17.9 Å². The Balaban J connectivity index is 1.65. The molecule has 0 radical (unpaired) electrons. The first-order valence-corrected chi connectivity index (χ1v) is 14.1. The molecule has 7 nitrogen and oxygen atoms in total. The van der Waals surface area contributed by atoms with Gasteiger partial charge in [-0.25, -0.2) is 12.7 Å². The van der Waals surface area contributed by atoms with Crippen molar-refractivity contribution in [3.05, 3.63) is 54.1 Å². The topological polar surface area (TPSA) is 70.2 Å². The largest absolute Gasteiger partial charge is 0.495 e. The molecule has 0 spiro atoms. The highest BCUT2D eigenvalue weighted by molar-refractivity contribution is 7.89. The summed E-state index contributed by atoms with van der Waals surface area (Å²) in [6.45, 7) is 2.84. The molecule has 0 bridgehead atoms. The van der Waals surface area contributed by atoms with E-state index in [1.54, 1.807) is 32.4 Å². The number of amides is 1. The molecule has 9 heteroatoms. The van der Waals surface area contributed by atoms with Crippen LogP contribution in [0, 0.1) is 0 Å². The van der Waals surface area contributed by atoms with Crippen LogP contribution in [0.25, 0.3) is 0 Å². The molecule has 1 aliphatic rings. The third kappa shape index (κ3) is 7.35. The second kappa shape index (κ2) is 13.1. The summed E-state index contributed by atoms with van der Waals surface area (Å²) in [5.41, 5.74) is 1.83. The van der Waals surface area contributed by atoms with Gasteiger partial charge >= 0.3 is 0 Å². The van der Waals surface area contributed by atoms with E-state index in [2.05, 4.69) is 4.90 Å². The van der Waals surface area contributed by atoms with Crippen molar-refractivity contribution in [2.45, 2.75) is 37.0 Å². The summed E-state index contributed by atoms with van der Waals surface area (Å²) in [7, 11) is -0.464. The molecule has 3 rings (SSSR count). The fraction of sp³-hybridized carbons (Fsp3) is 0.500. The van der Waals surface area contributed by atoms with E-state index in [0.29, 0.717) is 57.2 Å². The quantitative estimate of drug-likeness (QED) is 0.312. The van der Waals surface area contributed by atoms with E-state index in [9.17, 15) is 13.2 Å². The van der Waals surface area contributed by atoms with Crippen LogP contribution in [0.5, 0.6) is 5.75 Å². The molecule has 0 aromatic heterocycles. The van der Waals surface area contributed by atoms with Gasteiger partial charge in [0, 0.05) is 52.1 Å². The molecule has 0 aliphatic carbocycles. The molecule has 0 unspecified atom stereocenters. The molecule has 0 atom stereocenters. The van der Waals surface area contributed by atoms with Crippen LogP contribution in [0.4, 0.5) is 5.69 Å². The Morgan fingerprint density at radius 2 is 1.74 bits per heavy atom. The van der Waals surface area contributed by atoms with Gasteiger partial charge in [0.1, 0.15) is 5.75 Å². The molecule has 192 valence electrons. The van der Waals surface area contributed by atoms with Gasteiger partial charge in [-0.05, 0) is 43.0 Å². The van der Waals surface area contributed by atoms with E-state index in [1.807, 2.05) is 35.2 Å². The van der Waals surface area contributed by atoms with E-state index in [4.69, 9.17) is 16.3 Å². The van der Waals surface area contributed by atoms with E-state index in [1.165, 1.54) is 4.31 Å². The van der Waals surface area contributed by atoms with E-state index in [0.717, 1.165) is 30.5 Å². The third-order valence-electron chi connectivity index (χ3n) is 6.41. The highest BCUT2D eigenvalue weighted by Crippen LogP contribution is 2.32. The molecule has 35 heavy (non-hydrogen) atoms. The zero-order valence-electron chi connectivity index (χ0n) is 20.7. The predicted molar refractivity (Wildman–Crippen MR) is 141 cm³/mol. The second-order valence-electron chi connectivity index (χ2n) is 8.76. The molecular weight excluding hydrogens is 486 g/mol. The van der Waals surface area contributed by atoms with E-state index >= 15 is 0 Å². The number of likely N-dealkylation sites (N-methyl/N-ethyl adjacent to an activating group) is 1. The normalized spacial score (nSPS) is 14.4. The molecule has 2 aromatic rings. The van der Waals surface area contributed by atoms with Gasteiger partial charge in [-0.15, -0.1) is 11.6 Å². The maximum Gasteiger partial charge on any atom is 0.242 e. The summed E-state index contributed by atoms with van der Waals surface area (Å²) in [4.78, 5) is 16.7. The lowest BCUT2D eigenvalue weighted by molar-refractivity contribution is -0.131. The van der Waals surface area contributed by atoms with Gasteiger partial charge in [0.25, 0.3) is 0 Å². The van der Waals surface area contributed by atoms with Crippen molar-refractivity contribution in [2.24, 2.45) is 0 Å². The molecule has 1 saturated heterocycles. The number of piperazine rings is 1. The molecule has 1 fully saturated rings. The Morgan fingerprint density at radius 3 is 2.40 bits per heavy atom. The number of sulfonamides is 1. The standard InChI is InChI=1S/C26H36ClN3O4S/c1-28(16-14-22-9-5-3-6-10-22)35(32,33)23-12-13-25(34-2)24(21-23)29-17-19-30(20-18-29)26(31)11-7-4-8-15-27/h3,5-6,9-10,12-13,21H,4,7-8,11,14-20H2,1-2H3. The Labute approximate surface area is 214 Å². The summed E-state index contributed by atoms with van der Waals surface area (Å²) in [5.74, 6) is 1.42. The van der Waals surface area contributed by atoms with Crippen LogP contribution < -0.4 is 9.64 Å². The maximum atomic E-state index is 13.3. The highest BCUT2D eigenvalue weighted by Gasteiger charge is 2.26. The van der Waals surface area contributed by atoms with Crippen LogP contribution >= 0.6 is 11.6 Å². The van der Waals surface area contributed by atoms with E-state index < -0.39 is 10.0 Å². The van der Waals surface area contributed by atoms with Crippen LogP contribution in [0.2, 0.25) is 0 Å². The average Bonchev–Trinajstić information content (AvgIpc) is 2.89. The lowest BCUT2D eigenvalue weighted by atomic mass is 10.1. The minimum Gasteiger partial charge on any atom is -0.495 e. The first kappa shape index (κ1) is 27.3. The summed E-state index contributed by atoms with van der Waals surface area (Å²) in [5, 5.41) is 0. The lowest BCUT2D eigenvalue weighted by Crippen LogP contribution is -2.48. The lowest BCUT2D eigenvalue weighted by Gasteiger charge is -2.37. The Bertz CT molecular complexity index is 1060. The maximum absolute atomic E-state index is 13.3. The number of benzene rings is 2. The summed E-state index contributed by atoms with van der Waals surface area (Å²) in [6.07, 6.45) is 3.94. The third-order valence-corrected chi connectivity index (χ3v) is 8.53. The monoisotopic (exact) mass is 521 g/mol. The first-order valence-electron chi connectivity index (χ1n) is 12.1. The first-order chi connectivity index (χ1) is 16.9. The number of carbonyl (C=O) groups excluding carboxylic acids is 1. The van der Waals surface area contributed by atoms with Gasteiger partial charge < -0.3 is 14.5 Å². The van der Waals surface area contributed by atoms with Gasteiger partial charge in [0.15, 0.2) is 0 Å². The Morgan fingerprint density at radius 1 is 1.03 bits per heavy atom. The van der Waals surface area contributed by atoms with Gasteiger partial charge in [-0.3, -0.25) is 4.79 Å². The highest BCUT2D eigenvalue weighted by atomic mass is 35.5. The molecular formula is C26H36ClN3O4S. The minimum atomic E-state index is -3.66. The summed E-state index contributed by atoms with van der Waals surface area (Å²) in [6, 6.07) is 14.8. The van der Waals surface area contributed by atoms with Crippen molar-refractivity contribution in [1.82, 2.24) is 9.21 Å². The fourth-order valence-electron chi connectivity index (χ4n) is 4.21. The molecule has 0 saturated carbocycles. The predicted octanol–water partition coefficient (Wildman–Crippen LogP) is 4.01. The smallest absolute Gasteiger partial charge is 0.242 e. The zero-order chi connectivity index (χ0) is 25.3. The Hall–Kier alpha value is -2.29. The van der Waals surface area contributed by atoms with Crippen molar-refractivity contribution in [3.63, 3.8) is 0 Å². The van der Waals surface area contributed by atoms with Crippen LogP contribution in [-0.4, -0.2) is 76.3 Å². The number of hydrogen-bond donors (Lipinski definition) is 0. The van der Waals surface area contributed by atoms with Crippen LogP contribution in [0.1, 0.15) is 31.2 Å². The number of rotatable bonds is 12. The number of nitrogens with zero attached hydrogens (tertiary/aromatic N) is 3. The number of alkyl halides is 1. The number of anilines is 1. The van der Waals surface area contributed by atoms with Gasteiger partial charge in [0.05, 0.1) is 17.7 Å². The van der Waals surface area contributed by atoms with Crippen molar-refractivity contribution in [3.8, 4) is 5.75 Å². The minimum absolute atomic E-state index is 0.169. The SMILES string of the molecule is COc1ccc(S(=O)(=O)N(C)CCc2ccccc2)cc1N1CCN(C(=O)CCCCCCl)CC1. The van der Waals surface area contributed by atoms with Gasteiger partial charge in [0.2, 0.25) is 15.9 Å². The number of hydrogen-bond acceptors (Lipinski definition) is 5. The van der Waals surface area contributed by atoms with Crippen molar-refractivity contribution in [2.75, 3.05) is 57.7 Å². The number of halogens is 1. The van der Waals surface area contributed by atoms with Crippen molar-refractivity contribution >= 4 is 33.2 Å². The van der Waals surface area contributed by atoms with Crippen LogP contribution in [0.3, 0.4) is 0 Å². The molecule has 1 heterocycles. The summed E-state index contributed by atoms with van der Waals surface area (Å²) >= 11 is 5.71. The number of methoxy groups -OCH3 is 1. The van der Waals surface area contributed by atoms with Crippen molar-refractivity contribution in [1.29, 1.82) is 0 Å². The molecule has 1 amide bonds. The van der Waals surface area contributed by atoms with Gasteiger partial charge in [-0.1, -0.05) is 36.8 Å². The molecule has 0 N–H and O–H groups in total. The van der Waals surface area contributed by atoms with E-state index in [-0.39, 0.29) is 10.8 Å². The zero-order valence-corrected chi connectivity index (χ0v) is 22.2. The molecule has 1 aliphatic heterocycles. The van der Waals surface area contributed by atoms with Crippen LogP contribution in [0.15, 0.2) is 53.4 Å². The average molecular weight is 522 g/mol. The fourth-order valence-corrected chi connectivity index (χ4v) is 5.59. The summed E-state index contributed by atoms with van der Waals surface area (Å²) < 4.78 is 33.5. The number of unbranched alkanes of at least 4 members (excludes halogenated alkanes) is 2. The number of ether oxygens (including phenoxy) is 1. The van der Waals surface area contributed by atoms with Gasteiger partial charge in [-0.2, -0.15) is 0 Å². The second-order valence-corrected chi connectivity index (χ2v) is 11.2. The Kier molecular flexibility index (Phi) is 10.2. The molecule has 2 aromatic carbocycles.